The molecular weight excluding hydrogens is 96.1 g/mol. The SMILES string of the molecule is CCSC1CO1. The molecule has 0 aromatic heterocycles. The van der Waals surface area contributed by atoms with E-state index in [4.69, 9.17) is 4.74 Å². The van der Waals surface area contributed by atoms with Gasteiger partial charge in [0.1, 0.15) is 5.44 Å². The molecule has 1 unspecified atom stereocenters. The van der Waals surface area contributed by atoms with Gasteiger partial charge in [-0.25, -0.2) is 0 Å². The molecule has 0 aromatic carbocycles. The van der Waals surface area contributed by atoms with E-state index >= 15 is 0 Å². The van der Waals surface area contributed by atoms with Crippen LogP contribution in [0.25, 0.3) is 0 Å². The van der Waals surface area contributed by atoms with Gasteiger partial charge in [-0.05, 0) is 5.75 Å². The highest BCUT2D eigenvalue weighted by atomic mass is 32.2. The van der Waals surface area contributed by atoms with Gasteiger partial charge >= 0.3 is 0 Å². The van der Waals surface area contributed by atoms with Crippen LogP contribution in [0.4, 0.5) is 0 Å². The van der Waals surface area contributed by atoms with E-state index in [1.54, 1.807) is 0 Å². The van der Waals surface area contributed by atoms with Crippen LogP contribution in [0.1, 0.15) is 6.92 Å². The smallest absolute Gasteiger partial charge is 0.126 e. The molecule has 6 heavy (non-hydrogen) atoms. The van der Waals surface area contributed by atoms with Crippen molar-refractivity contribution in [3.8, 4) is 0 Å². The Morgan fingerprint density at radius 2 is 2.67 bits per heavy atom. The lowest BCUT2D eigenvalue weighted by Crippen LogP contribution is -1.72. The summed E-state index contributed by atoms with van der Waals surface area (Å²) in [4.78, 5) is 0. The van der Waals surface area contributed by atoms with Crippen molar-refractivity contribution in [2.24, 2.45) is 0 Å². The van der Waals surface area contributed by atoms with Crippen LogP contribution in [-0.4, -0.2) is 17.8 Å². The molecule has 0 spiro atoms. The molecule has 0 radical (unpaired) electrons. The van der Waals surface area contributed by atoms with Crippen molar-refractivity contribution in [1.82, 2.24) is 0 Å². The average molecular weight is 104 g/mol. The van der Waals surface area contributed by atoms with Crippen LogP contribution in [0.2, 0.25) is 0 Å². The third-order valence-corrected chi connectivity index (χ3v) is 1.63. The van der Waals surface area contributed by atoms with E-state index in [0.29, 0.717) is 5.44 Å². The van der Waals surface area contributed by atoms with Crippen LogP contribution < -0.4 is 0 Å². The van der Waals surface area contributed by atoms with Crippen LogP contribution in [0.3, 0.4) is 0 Å². The zero-order valence-corrected chi connectivity index (χ0v) is 4.62. The van der Waals surface area contributed by atoms with Crippen molar-refractivity contribution >= 4 is 11.8 Å². The Morgan fingerprint density at radius 3 is 2.83 bits per heavy atom. The summed E-state index contributed by atoms with van der Waals surface area (Å²) in [7, 11) is 0. The number of epoxide rings is 1. The molecule has 0 bridgehead atoms. The number of thioether (sulfide) groups is 1. The number of hydrogen-bond acceptors (Lipinski definition) is 2. The summed E-state index contributed by atoms with van der Waals surface area (Å²) in [5, 5.41) is 0. The number of hydrogen-bond donors (Lipinski definition) is 0. The molecule has 2 heteroatoms. The fourth-order valence-electron chi connectivity index (χ4n) is 0.321. The molecule has 0 amide bonds. The summed E-state index contributed by atoms with van der Waals surface area (Å²) in [5.74, 6) is 1.19. The average Bonchev–Trinajstić information content (AvgIpc) is 2.21. The molecule has 1 rings (SSSR count). The summed E-state index contributed by atoms with van der Waals surface area (Å²) < 4.78 is 4.91. The number of rotatable bonds is 2. The lowest BCUT2D eigenvalue weighted by molar-refractivity contribution is 0.460. The van der Waals surface area contributed by atoms with Crippen LogP contribution in [-0.2, 0) is 4.74 Å². The first-order chi connectivity index (χ1) is 2.93. The molecule has 1 aliphatic rings. The summed E-state index contributed by atoms with van der Waals surface area (Å²) in [6.07, 6.45) is 0. The Morgan fingerprint density at radius 1 is 2.00 bits per heavy atom. The normalized spacial score (nSPS) is 30.5. The summed E-state index contributed by atoms with van der Waals surface area (Å²) in [6.45, 7) is 3.13. The largest absolute Gasteiger partial charge is 0.362 e. The van der Waals surface area contributed by atoms with Gasteiger partial charge in [0.25, 0.3) is 0 Å². The minimum atomic E-state index is 0.565. The van der Waals surface area contributed by atoms with Gasteiger partial charge < -0.3 is 4.74 Å². The Hall–Kier alpha value is 0.310. The van der Waals surface area contributed by atoms with E-state index in [2.05, 4.69) is 6.92 Å². The van der Waals surface area contributed by atoms with Gasteiger partial charge in [-0.1, -0.05) is 6.92 Å². The number of ether oxygens (including phenoxy) is 1. The zero-order chi connectivity index (χ0) is 4.41. The van der Waals surface area contributed by atoms with Crippen LogP contribution >= 0.6 is 11.8 Å². The Labute approximate surface area is 42.1 Å². The van der Waals surface area contributed by atoms with Gasteiger partial charge in [0.2, 0.25) is 0 Å². The second-order valence-corrected chi connectivity index (χ2v) is 2.65. The van der Waals surface area contributed by atoms with Crippen molar-refractivity contribution in [3.63, 3.8) is 0 Å². The van der Waals surface area contributed by atoms with Crippen molar-refractivity contribution in [2.75, 3.05) is 12.4 Å². The maximum absolute atomic E-state index is 4.91. The zero-order valence-electron chi connectivity index (χ0n) is 3.81. The topological polar surface area (TPSA) is 12.5 Å². The summed E-state index contributed by atoms with van der Waals surface area (Å²) >= 11 is 1.87. The molecule has 1 fully saturated rings. The highest BCUT2D eigenvalue weighted by molar-refractivity contribution is 7.99. The van der Waals surface area contributed by atoms with E-state index < -0.39 is 0 Å². The minimum absolute atomic E-state index is 0.565. The molecule has 0 saturated carbocycles. The molecular formula is C4H8OS. The van der Waals surface area contributed by atoms with Crippen molar-refractivity contribution < 1.29 is 4.74 Å². The van der Waals surface area contributed by atoms with Gasteiger partial charge in [-0.15, -0.1) is 11.8 Å². The van der Waals surface area contributed by atoms with E-state index in [-0.39, 0.29) is 0 Å². The summed E-state index contributed by atoms with van der Waals surface area (Å²) in [5.41, 5.74) is 0.565. The van der Waals surface area contributed by atoms with Gasteiger partial charge in [0.05, 0.1) is 6.61 Å². The molecule has 1 nitrogen and oxygen atoms in total. The molecule has 1 saturated heterocycles. The standard InChI is InChI=1S/C4H8OS/c1-2-6-4-3-5-4/h4H,2-3H2,1H3. The van der Waals surface area contributed by atoms with Crippen molar-refractivity contribution in [1.29, 1.82) is 0 Å². The van der Waals surface area contributed by atoms with E-state index in [1.165, 1.54) is 5.75 Å². The first-order valence-electron chi connectivity index (χ1n) is 2.16. The molecule has 0 aromatic rings. The van der Waals surface area contributed by atoms with E-state index in [9.17, 15) is 0 Å². The predicted octanol–water partition coefficient (Wildman–Crippen LogP) is 1.10. The van der Waals surface area contributed by atoms with Crippen molar-refractivity contribution in [2.45, 2.75) is 12.4 Å². The second kappa shape index (κ2) is 1.85. The highest BCUT2D eigenvalue weighted by Crippen LogP contribution is 2.22. The van der Waals surface area contributed by atoms with E-state index in [0.717, 1.165) is 6.61 Å². The molecule has 1 atom stereocenters. The van der Waals surface area contributed by atoms with Crippen LogP contribution in [0.15, 0.2) is 0 Å². The van der Waals surface area contributed by atoms with Gasteiger partial charge in [-0.3, -0.25) is 0 Å². The Balaban J connectivity index is 1.88. The molecule has 1 heterocycles. The molecule has 1 aliphatic heterocycles. The fraction of sp³-hybridized carbons (Fsp3) is 1.00. The maximum Gasteiger partial charge on any atom is 0.126 e. The van der Waals surface area contributed by atoms with Crippen LogP contribution in [0.5, 0.6) is 0 Å². The van der Waals surface area contributed by atoms with Gasteiger partial charge in [0.15, 0.2) is 0 Å². The lowest BCUT2D eigenvalue weighted by Gasteiger charge is -1.80. The quantitative estimate of drug-likeness (QED) is 0.486. The third-order valence-electron chi connectivity index (χ3n) is 0.655. The first kappa shape index (κ1) is 4.47. The predicted molar refractivity (Wildman–Crippen MR) is 27.9 cm³/mol. The molecule has 0 N–H and O–H groups in total. The van der Waals surface area contributed by atoms with Crippen molar-refractivity contribution in [3.05, 3.63) is 0 Å². The monoisotopic (exact) mass is 104 g/mol. The minimum Gasteiger partial charge on any atom is -0.362 e. The molecule has 0 aliphatic carbocycles. The maximum atomic E-state index is 4.91. The second-order valence-electron chi connectivity index (χ2n) is 1.22. The fourth-order valence-corrected chi connectivity index (χ4v) is 0.964. The van der Waals surface area contributed by atoms with Gasteiger partial charge in [-0.2, -0.15) is 0 Å². The summed E-state index contributed by atoms with van der Waals surface area (Å²) in [6, 6.07) is 0. The third kappa shape index (κ3) is 1.19. The Kier molecular flexibility index (Phi) is 1.37. The Bertz CT molecular complexity index is 42.8. The first-order valence-corrected chi connectivity index (χ1v) is 3.21. The lowest BCUT2D eigenvalue weighted by atomic mass is 11.0. The van der Waals surface area contributed by atoms with E-state index in [1.807, 2.05) is 11.8 Å². The molecule has 36 valence electrons. The highest BCUT2D eigenvalue weighted by Gasteiger charge is 2.20. The van der Waals surface area contributed by atoms with Gasteiger partial charge in [0, 0.05) is 0 Å². The van der Waals surface area contributed by atoms with Crippen LogP contribution in [0, 0.1) is 0 Å².